The van der Waals surface area contributed by atoms with Gasteiger partial charge in [-0.2, -0.15) is 0 Å². The molecule has 1 aromatic carbocycles. The molecule has 1 saturated carbocycles. The zero-order valence-corrected chi connectivity index (χ0v) is 11.1. The van der Waals surface area contributed by atoms with Gasteiger partial charge in [-0.05, 0) is 61.7 Å². The smallest absolute Gasteiger partial charge is 0.162 e. The second kappa shape index (κ2) is 5.91. The van der Waals surface area contributed by atoms with Gasteiger partial charge in [-0.25, -0.2) is 8.78 Å². The van der Waals surface area contributed by atoms with Gasteiger partial charge in [0.25, 0.3) is 0 Å². The van der Waals surface area contributed by atoms with E-state index in [2.05, 4.69) is 9.24 Å². The van der Waals surface area contributed by atoms with Crippen molar-refractivity contribution in [3.63, 3.8) is 0 Å². The molecule has 0 radical (unpaired) electrons. The molecule has 17 heavy (non-hydrogen) atoms. The van der Waals surface area contributed by atoms with E-state index >= 15 is 0 Å². The Kier molecular flexibility index (Phi) is 4.50. The van der Waals surface area contributed by atoms with Crippen LogP contribution < -0.4 is 0 Å². The molecule has 1 aliphatic rings. The topological polar surface area (TPSA) is 0 Å². The summed E-state index contributed by atoms with van der Waals surface area (Å²) in [4.78, 5) is 0. The molecule has 1 aliphatic carbocycles. The van der Waals surface area contributed by atoms with Crippen molar-refractivity contribution in [2.45, 2.75) is 44.2 Å². The Morgan fingerprint density at radius 2 is 1.82 bits per heavy atom. The lowest BCUT2D eigenvalue weighted by Gasteiger charge is -2.25. The second-order valence-electron chi connectivity index (χ2n) is 5.03. The molecule has 0 aromatic heterocycles. The summed E-state index contributed by atoms with van der Waals surface area (Å²) in [5.41, 5.74) is 1.29. The normalized spacial score (nSPS) is 24.9. The van der Waals surface area contributed by atoms with Crippen LogP contribution in [0, 0.1) is 17.6 Å². The molecule has 1 aromatic rings. The highest BCUT2D eigenvalue weighted by molar-refractivity contribution is 7.17. The average Bonchev–Trinajstić information content (AvgIpc) is 2.33. The molecule has 1 atom stereocenters. The SMILES string of the molecule is Fc1cccc(CCC2CCC(P)CC2)c1F. The van der Waals surface area contributed by atoms with Crippen LogP contribution in [-0.2, 0) is 6.42 Å². The molecular weight excluding hydrogens is 237 g/mol. The van der Waals surface area contributed by atoms with Crippen LogP contribution in [0.3, 0.4) is 0 Å². The van der Waals surface area contributed by atoms with Gasteiger partial charge in [-0.3, -0.25) is 0 Å². The van der Waals surface area contributed by atoms with E-state index in [1.807, 2.05) is 0 Å². The summed E-state index contributed by atoms with van der Waals surface area (Å²) in [5.74, 6) is -0.696. The lowest BCUT2D eigenvalue weighted by Crippen LogP contribution is -2.14. The van der Waals surface area contributed by atoms with E-state index < -0.39 is 11.6 Å². The first-order valence-electron chi connectivity index (χ1n) is 6.35. The first-order valence-corrected chi connectivity index (χ1v) is 7.02. The molecule has 0 saturated heterocycles. The molecule has 0 amide bonds. The third kappa shape index (κ3) is 3.48. The highest BCUT2D eigenvalue weighted by Gasteiger charge is 2.18. The van der Waals surface area contributed by atoms with E-state index in [0.29, 0.717) is 17.9 Å². The zero-order valence-electron chi connectivity index (χ0n) is 9.96. The summed E-state index contributed by atoms with van der Waals surface area (Å²) in [6.07, 6.45) is 6.60. The van der Waals surface area contributed by atoms with Crippen molar-refractivity contribution in [3.05, 3.63) is 35.4 Å². The maximum atomic E-state index is 13.4. The van der Waals surface area contributed by atoms with E-state index in [0.717, 1.165) is 12.1 Å². The fourth-order valence-corrected chi connectivity index (χ4v) is 2.96. The molecule has 0 aliphatic heterocycles. The lowest BCUT2D eigenvalue weighted by atomic mass is 9.85. The lowest BCUT2D eigenvalue weighted by molar-refractivity contribution is 0.343. The number of benzene rings is 1. The fraction of sp³-hybridized carbons (Fsp3) is 0.571. The van der Waals surface area contributed by atoms with Crippen molar-refractivity contribution in [1.29, 1.82) is 0 Å². The Labute approximate surface area is 104 Å². The monoisotopic (exact) mass is 256 g/mol. The first-order chi connectivity index (χ1) is 8.16. The molecule has 1 fully saturated rings. The predicted octanol–water partition coefficient (Wildman–Crippen LogP) is 4.33. The minimum absolute atomic E-state index is 0.526. The summed E-state index contributed by atoms with van der Waals surface area (Å²) in [7, 11) is 2.88. The van der Waals surface area contributed by atoms with Crippen LogP contribution in [0.5, 0.6) is 0 Å². The van der Waals surface area contributed by atoms with Crippen molar-refractivity contribution < 1.29 is 8.78 Å². The van der Waals surface area contributed by atoms with Crippen LogP contribution >= 0.6 is 9.24 Å². The second-order valence-corrected chi connectivity index (χ2v) is 5.98. The van der Waals surface area contributed by atoms with Crippen LogP contribution in [0.4, 0.5) is 8.78 Å². The third-order valence-corrected chi connectivity index (χ3v) is 4.41. The van der Waals surface area contributed by atoms with E-state index in [1.54, 1.807) is 12.1 Å². The minimum Gasteiger partial charge on any atom is -0.204 e. The summed E-state index contributed by atoms with van der Waals surface area (Å²) in [6, 6.07) is 4.46. The van der Waals surface area contributed by atoms with Crippen LogP contribution in [0.1, 0.15) is 37.7 Å². The Hall–Kier alpha value is -0.490. The Morgan fingerprint density at radius 1 is 1.12 bits per heavy atom. The fourth-order valence-electron chi connectivity index (χ4n) is 2.58. The number of hydrogen-bond acceptors (Lipinski definition) is 0. The average molecular weight is 256 g/mol. The van der Waals surface area contributed by atoms with Gasteiger partial charge < -0.3 is 0 Å². The van der Waals surface area contributed by atoms with Crippen LogP contribution in [0.15, 0.2) is 18.2 Å². The van der Waals surface area contributed by atoms with Gasteiger partial charge in [-0.1, -0.05) is 12.1 Å². The standard InChI is InChI=1S/C14H19F2P/c15-13-3-1-2-11(14(13)16)7-4-10-5-8-12(17)9-6-10/h1-3,10,12H,4-9,17H2. The summed E-state index contributed by atoms with van der Waals surface area (Å²) < 4.78 is 26.5. The van der Waals surface area contributed by atoms with Crippen molar-refractivity contribution in [2.24, 2.45) is 5.92 Å². The molecule has 0 N–H and O–H groups in total. The van der Waals surface area contributed by atoms with E-state index in [9.17, 15) is 8.78 Å². The predicted molar refractivity (Wildman–Crippen MR) is 70.1 cm³/mol. The van der Waals surface area contributed by atoms with E-state index in [1.165, 1.54) is 31.7 Å². The van der Waals surface area contributed by atoms with Crippen LogP contribution in [0.2, 0.25) is 0 Å². The van der Waals surface area contributed by atoms with Crippen molar-refractivity contribution >= 4 is 9.24 Å². The molecule has 0 nitrogen and oxygen atoms in total. The molecule has 0 spiro atoms. The summed E-state index contributed by atoms with van der Waals surface area (Å²) in [6.45, 7) is 0. The molecule has 1 unspecified atom stereocenters. The van der Waals surface area contributed by atoms with Crippen molar-refractivity contribution in [1.82, 2.24) is 0 Å². The number of aryl methyl sites for hydroxylation is 1. The third-order valence-electron chi connectivity index (χ3n) is 3.74. The molecular formula is C14H19F2P. The van der Waals surface area contributed by atoms with Gasteiger partial charge in [0.05, 0.1) is 0 Å². The molecule has 0 heterocycles. The maximum absolute atomic E-state index is 13.4. The summed E-state index contributed by atoms with van der Waals surface area (Å²) >= 11 is 0. The van der Waals surface area contributed by atoms with Gasteiger partial charge in [0.1, 0.15) is 0 Å². The van der Waals surface area contributed by atoms with Gasteiger partial charge in [0, 0.05) is 0 Å². The minimum atomic E-state index is -0.726. The van der Waals surface area contributed by atoms with Crippen LogP contribution in [0.25, 0.3) is 0 Å². The highest BCUT2D eigenvalue weighted by Crippen LogP contribution is 2.31. The largest absolute Gasteiger partial charge is 0.204 e. The number of rotatable bonds is 3. The van der Waals surface area contributed by atoms with E-state index in [4.69, 9.17) is 0 Å². The zero-order chi connectivity index (χ0) is 12.3. The molecule has 2 rings (SSSR count). The quantitative estimate of drug-likeness (QED) is 0.706. The van der Waals surface area contributed by atoms with Gasteiger partial charge in [-0.15, -0.1) is 9.24 Å². The number of halogens is 2. The van der Waals surface area contributed by atoms with Gasteiger partial charge in [0.15, 0.2) is 11.6 Å². The highest BCUT2D eigenvalue weighted by atomic mass is 31.0. The van der Waals surface area contributed by atoms with Crippen molar-refractivity contribution in [3.8, 4) is 0 Å². The maximum Gasteiger partial charge on any atom is 0.162 e. The van der Waals surface area contributed by atoms with Gasteiger partial charge >= 0.3 is 0 Å². The Morgan fingerprint density at radius 3 is 2.53 bits per heavy atom. The molecule has 94 valence electrons. The Balaban J connectivity index is 1.87. The van der Waals surface area contributed by atoms with E-state index in [-0.39, 0.29) is 0 Å². The van der Waals surface area contributed by atoms with Gasteiger partial charge in [0.2, 0.25) is 0 Å². The van der Waals surface area contributed by atoms with Crippen LogP contribution in [-0.4, -0.2) is 5.66 Å². The first kappa shape index (κ1) is 13.0. The molecule has 0 bridgehead atoms. The molecule has 3 heteroatoms. The summed E-state index contributed by atoms with van der Waals surface area (Å²) in [5, 5.41) is 0. The Bertz CT molecular complexity index is 370. The van der Waals surface area contributed by atoms with Crippen molar-refractivity contribution in [2.75, 3.05) is 0 Å². The number of hydrogen-bond donors (Lipinski definition) is 0.